The van der Waals surface area contributed by atoms with Gasteiger partial charge in [0.05, 0.1) is 5.69 Å². The van der Waals surface area contributed by atoms with E-state index in [1.807, 2.05) is 0 Å². The number of rotatable bonds is 1. The molecule has 18 heavy (non-hydrogen) atoms. The van der Waals surface area contributed by atoms with Gasteiger partial charge in [0.2, 0.25) is 5.28 Å². The normalized spacial score (nSPS) is 20.4. The first-order valence-electron chi connectivity index (χ1n) is 6.56. The molecule has 0 aromatic carbocycles. The van der Waals surface area contributed by atoms with Crippen molar-refractivity contribution in [3.63, 3.8) is 0 Å². The SMILES string of the molecule is Clc1nc2c(c(N3CCNCC3)n1)CCNCC2. The highest BCUT2D eigenvalue weighted by molar-refractivity contribution is 6.28. The van der Waals surface area contributed by atoms with Crippen molar-refractivity contribution in [3.05, 3.63) is 16.5 Å². The quantitative estimate of drug-likeness (QED) is 0.714. The van der Waals surface area contributed by atoms with Crippen molar-refractivity contribution >= 4 is 17.4 Å². The molecule has 5 nitrogen and oxygen atoms in total. The van der Waals surface area contributed by atoms with Crippen molar-refractivity contribution in [2.24, 2.45) is 0 Å². The van der Waals surface area contributed by atoms with E-state index in [1.54, 1.807) is 0 Å². The van der Waals surface area contributed by atoms with E-state index in [2.05, 4.69) is 25.5 Å². The molecule has 2 N–H and O–H groups in total. The Morgan fingerprint density at radius 2 is 1.67 bits per heavy atom. The van der Waals surface area contributed by atoms with E-state index < -0.39 is 0 Å². The number of nitrogens with zero attached hydrogens (tertiary/aromatic N) is 3. The highest BCUT2D eigenvalue weighted by Crippen LogP contribution is 2.25. The van der Waals surface area contributed by atoms with Crippen LogP contribution in [0.1, 0.15) is 11.3 Å². The Balaban J connectivity index is 1.98. The monoisotopic (exact) mass is 267 g/mol. The Kier molecular flexibility index (Phi) is 3.63. The molecule has 0 aliphatic carbocycles. The zero-order valence-electron chi connectivity index (χ0n) is 10.4. The molecule has 98 valence electrons. The van der Waals surface area contributed by atoms with E-state index in [9.17, 15) is 0 Å². The summed E-state index contributed by atoms with van der Waals surface area (Å²) in [7, 11) is 0. The highest BCUT2D eigenvalue weighted by atomic mass is 35.5. The van der Waals surface area contributed by atoms with Crippen molar-refractivity contribution in [1.82, 2.24) is 20.6 Å². The number of fused-ring (bicyclic) bond motifs is 1. The second-order valence-electron chi connectivity index (χ2n) is 4.73. The summed E-state index contributed by atoms with van der Waals surface area (Å²) in [6.07, 6.45) is 1.93. The van der Waals surface area contributed by atoms with E-state index in [0.29, 0.717) is 5.28 Å². The topological polar surface area (TPSA) is 53.1 Å². The lowest BCUT2D eigenvalue weighted by Gasteiger charge is -2.30. The third kappa shape index (κ3) is 2.43. The minimum absolute atomic E-state index is 0.379. The van der Waals surface area contributed by atoms with Crippen molar-refractivity contribution < 1.29 is 0 Å². The third-order valence-electron chi connectivity index (χ3n) is 3.55. The fourth-order valence-corrected chi connectivity index (χ4v) is 2.82. The van der Waals surface area contributed by atoms with Crippen LogP contribution in [-0.4, -0.2) is 49.2 Å². The molecule has 0 saturated carbocycles. The molecule has 2 aliphatic heterocycles. The van der Waals surface area contributed by atoms with Crippen LogP contribution in [0.2, 0.25) is 5.28 Å². The van der Waals surface area contributed by atoms with Crippen LogP contribution < -0.4 is 15.5 Å². The van der Waals surface area contributed by atoms with Gasteiger partial charge in [-0.2, -0.15) is 0 Å². The van der Waals surface area contributed by atoms with Crippen LogP contribution in [0.3, 0.4) is 0 Å². The van der Waals surface area contributed by atoms with Crippen LogP contribution >= 0.6 is 11.6 Å². The van der Waals surface area contributed by atoms with Gasteiger partial charge in [-0.05, 0) is 24.6 Å². The molecule has 1 aromatic heterocycles. The Morgan fingerprint density at radius 1 is 0.944 bits per heavy atom. The van der Waals surface area contributed by atoms with Crippen LogP contribution in [0.25, 0.3) is 0 Å². The molecule has 0 bridgehead atoms. The summed E-state index contributed by atoms with van der Waals surface area (Å²) in [6.45, 7) is 5.97. The standard InChI is InChI=1S/C12H18ClN5/c13-12-16-10-2-4-14-3-1-9(10)11(17-12)18-7-5-15-6-8-18/h14-15H,1-8H2. The van der Waals surface area contributed by atoms with Crippen LogP contribution in [0, 0.1) is 0 Å². The Hall–Kier alpha value is -0.910. The average molecular weight is 268 g/mol. The molecule has 3 rings (SSSR count). The van der Waals surface area contributed by atoms with Crippen LogP contribution in [-0.2, 0) is 12.8 Å². The van der Waals surface area contributed by atoms with E-state index in [1.165, 1.54) is 5.56 Å². The summed E-state index contributed by atoms with van der Waals surface area (Å²) in [6, 6.07) is 0. The van der Waals surface area contributed by atoms with Gasteiger partial charge in [0.15, 0.2) is 0 Å². The Morgan fingerprint density at radius 3 is 2.50 bits per heavy atom. The number of nitrogens with one attached hydrogen (secondary N) is 2. The highest BCUT2D eigenvalue weighted by Gasteiger charge is 2.21. The van der Waals surface area contributed by atoms with E-state index in [-0.39, 0.29) is 0 Å². The second kappa shape index (κ2) is 5.38. The first-order valence-corrected chi connectivity index (χ1v) is 6.94. The van der Waals surface area contributed by atoms with Gasteiger partial charge in [-0.3, -0.25) is 0 Å². The zero-order chi connectivity index (χ0) is 12.4. The Labute approximate surface area is 112 Å². The predicted molar refractivity (Wildman–Crippen MR) is 72.4 cm³/mol. The van der Waals surface area contributed by atoms with E-state index in [0.717, 1.165) is 63.6 Å². The molecule has 0 spiro atoms. The van der Waals surface area contributed by atoms with Crippen molar-refractivity contribution in [3.8, 4) is 0 Å². The molecule has 3 heterocycles. The maximum atomic E-state index is 6.07. The van der Waals surface area contributed by atoms with Gasteiger partial charge in [-0.15, -0.1) is 0 Å². The molecule has 0 radical (unpaired) electrons. The summed E-state index contributed by atoms with van der Waals surface area (Å²) < 4.78 is 0. The van der Waals surface area contributed by atoms with Crippen molar-refractivity contribution in [1.29, 1.82) is 0 Å². The molecular formula is C12H18ClN5. The lowest BCUT2D eigenvalue weighted by Crippen LogP contribution is -2.44. The molecule has 6 heteroatoms. The molecular weight excluding hydrogens is 250 g/mol. The van der Waals surface area contributed by atoms with E-state index >= 15 is 0 Å². The zero-order valence-corrected chi connectivity index (χ0v) is 11.1. The lowest BCUT2D eigenvalue weighted by atomic mass is 10.1. The van der Waals surface area contributed by atoms with Gasteiger partial charge in [0.1, 0.15) is 5.82 Å². The van der Waals surface area contributed by atoms with Crippen LogP contribution in [0.4, 0.5) is 5.82 Å². The van der Waals surface area contributed by atoms with E-state index in [4.69, 9.17) is 11.6 Å². The fourth-order valence-electron chi connectivity index (χ4n) is 2.63. The summed E-state index contributed by atoms with van der Waals surface area (Å²) in [5.74, 6) is 1.05. The van der Waals surface area contributed by atoms with Crippen molar-refractivity contribution in [2.75, 3.05) is 44.2 Å². The molecule has 1 aromatic rings. The molecule has 1 fully saturated rings. The first-order chi connectivity index (χ1) is 8.84. The number of piperazine rings is 1. The van der Waals surface area contributed by atoms with Crippen LogP contribution in [0.5, 0.6) is 0 Å². The number of anilines is 1. The maximum Gasteiger partial charge on any atom is 0.224 e. The number of aromatic nitrogens is 2. The van der Waals surface area contributed by atoms with Crippen molar-refractivity contribution in [2.45, 2.75) is 12.8 Å². The van der Waals surface area contributed by atoms with Gasteiger partial charge in [-0.1, -0.05) is 0 Å². The molecule has 0 unspecified atom stereocenters. The van der Waals surface area contributed by atoms with Gasteiger partial charge in [-0.25, -0.2) is 9.97 Å². The van der Waals surface area contributed by atoms with Gasteiger partial charge < -0.3 is 15.5 Å². The lowest BCUT2D eigenvalue weighted by molar-refractivity contribution is 0.582. The maximum absolute atomic E-state index is 6.07. The van der Waals surface area contributed by atoms with Gasteiger partial charge in [0.25, 0.3) is 0 Å². The second-order valence-corrected chi connectivity index (χ2v) is 5.07. The minimum atomic E-state index is 0.379. The predicted octanol–water partition coefficient (Wildman–Crippen LogP) is 0.228. The van der Waals surface area contributed by atoms with Crippen LogP contribution in [0.15, 0.2) is 0 Å². The first kappa shape index (κ1) is 12.1. The average Bonchev–Trinajstić information content (AvgIpc) is 2.64. The smallest absolute Gasteiger partial charge is 0.224 e. The largest absolute Gasteiger partial charge is 0.354 e. The molecule has 0 atom stereocenters. The molecule has 1 saturated heterocycles. The van der Waals surface area contributed by atoms with Gasteiger partial charge >= 0.3 is 0 Å². The summed E-state index contributed by atoms with van der Waals surface area (Å²) in [5.41, 5.74) is 2.40. The number of hydrogen-bond donors (Lipinski definition) is 2. The molecule has 0 amide bonds. The third-order valence-corrected chi connectivity index (χ3v) is 3.72. The molecule has 2 aliphatic rings. The number of hydrogen-bond acceptors (Lipinski definition) is 5. The summed E-state index contributed by atoms with van der Waals surface area (Å²) >= 11 is 6.07. The van der Waals surface area contributed by atoms with Gasteiger partial charge in [0, 0.05) is 44.7 Å². The fraction of sp³-hybridized carbons (Fsp3) is 0.667. The Bertz CT molecular complexity index is 431. The summed E-state index contributed by atoms with van der Waals surface area (Å²) in [5, 5.41) is 7.14. The summed E-state index contributed by atoms with van der Waals surface area (Å²) in [4.78, 5) is 11.2. The minimum Gasteiger partial charge on any atom is -0.354 e. The number of halogens is 1.